The van der Waals surface area contributed by atoms with E-state index in [0.717, 1.165) is 60.7 Å². The van der Waals surface area contributed by atoms with Gasteiger partial charge in [0.25, 0.3) is 0 Å². The van der Waals surface area contributed by atoms with Crippen molar-refractivity contribution in [3.8, 4) is 22.4 Å². The highest BCUT2D eigenvalue weighted by molar-refractivity contribution is 5.97. The molecular formula is C26H26N4O2. The third kappa shape index (κ3) is 3.90. The monoisotopic (exact) mass is 426 g/mol. The number of nitrogens with one attached hydrogen (secondary N) is 1. The first-order chi connectivity index (χ1) is 15.6. The molecule has 1 saturated heterocycles. The van der Waals surface area contributed by atoms with Crippen LogP contribution in [-0.2, 0) is 11.3 Å². The van der Waals surface area contributed by atoms with E-state index in [0.29, 0.717) is 5.56 Å². The van der Waals surface area contributed by atoms with Crippen molar-refractivity contribution in [3.63, 3.8) is 0 Å². The van der Waals surface area contributed by atoms with Crippen LogP contribution < -0.4 is 5.73 Å². The number of aromatic amines is 1. The number of aromatic nitrogens is 2. The van der Waals surface area contributed by atoms with Crippen molar-refractivity contribution in [2.75, 3.05) is 26.3 Å². The predicted molar refractivity (Wildman–Crippen MR) is 126 cm³/mol. The van der Waals surface area contributed by atoms with Crippen molar-refractivity contribution in [1.82, 2.24) is 14.9 Å². The second-order valence-electron chi connectivity index (χ2n) is 8.22. The van der Waals surface area contributed by atoms with E-state index in [9.17, 15) is 4.79 Å². The van der Waals surface area contributed by atoms with Crippen molar-refractivity contribution in [2.45, 2.75) is 13.5 Å². The molecule has 0 saturated carbocycles. The second-order valence-corrected chi connectivity index (χ2v) is 8.22. The highest BCUT2D eigenvalue weighted by Crippen LogP contribution is 2.33. The average Bonchev–Trinajstić information content (AvgIpc) is 3.25. The molecule has 0 unspecified atom stereocenters. The fraction of sp³-hybridized carbons (Fsp3) is 0.231. The van der Waals surface area contributed by atoms with Crippen LogP contribution in [0.15, 0.2) is 60.8 Å². The van der Waals surface area contributed by atoms with E-state index in [1.54, 1.807) is 12.1 Å². The number of H-pyrrole nitrogens is 1. The van der Waals surface area contributed by atoms with Crippen LogP contribution in [0, 0.1) is 6.92 Å². The molecule has 0 aliphatic carbocycles. The third-order valence-corrected chi connectivity index (χ3v) is 6.25. The van der Waals surface area contributed by atoms with Gasteiger partial charge in [0, 0.05) is 48.0 Å². The number of amides is 1. The molecule has 6 nitrogen and oxygen atoms in total. The maximum absolute atomic E-state index is 11.4. The molecule has 0 bridgehead atoms. The summed E-state index contributed by atoms with van der Waals surface area (Å²) in [7, 11) is 0. The number of nitrogens with two attached hydrogens (primary N) is 1. The van der Waals surface area contributed by atoms with Gasteiger partial charge in [0.15, 0.2) is 0 Å². The zero-order valence-electron chi connectivity index (χ0n) is 18.1. The maximum Gasteiger partial charge on any atom is 0.248 e. The zero-order chi connectivity index (χ0) is 22.1. The molecule has 162 valence electrons. The van der Waals surface area contributed by atoms with Crippen LogP contribution in [0.25, 0.3) is 33.4 Å². The van der Waals surface area contributed by atoms with Gasteiger partial charge in [-0.3, -0.25) is 9.69 Å². The van der Waals surface area contributed by atoms with Crippen LogP contribution in [0.5, 0.6) is 0 Å². The Labute approximate surface area is 187 Å². The van der Waals surface area contributed by atoms with Gasteiger partial charge in [0.05, 0.1) is 13.2 Å². The van der Waals surface area contributed by atoms with Crippen LogP contribution in [-0.4, -0.2) is 47.1 Å². The first-order valence-corrected chi connectivity index (χ1v) is 10.9. The number of fused-ring (bicyclic) bond motifs is 1. The number of benzene rings is 2. The molecule has 1 aliphatic heterocycles. The molecule has 3 N–H and O–H groups in total. The van der Waals surface area contributed by atoms with Crippen LogP contribution >= 0.6 is 0 Å². The molecule has 5 rings (SSSR count). The Morgan fingerprint density at radius 3 is 2.62 bits per heavy atom. The summed E-state index contributed by atoms with van der Waals surface area (Å²) in [6.45, 7) is 6.66. The number of hydrogen-bond donors (Lipinski definition) is 2. The number of carbonyl (C=O) groups excluding carboxylic acids is 1. The number of nitrogens with zero attached hydrogens (tertiary/aromatic N) is 2. The Kier molecular flexibility index (Phi) is 5.47. The number of pyridine rings is 1. The topological polar surface area (TPSA) is 84.2 Å². The molecular weight excluding hydrogens is 400 g/mol. The SMILES string of the molecule is Cc1c(CN2CCOCC2)cccc1-c1cc2c(-c3ccc(C(N)=O)cc3)ccnc2[nH]1. The van der Waals surface area contributed by atoms with Gasteiger partial charge >= 0.3 is 0 Å². The van der Waals surface area contributed by atoms with Gasteiger partial charge in [0.2, 0.25) is 5.91 Å². The van der Waals surface area contributed by atoms with Crippen molar-refractivity contribution in [1.29, 1.82) is 0 Å². The van der Waals surface area contributed by atoms with E-state index in [4.69, 9.17) is 10.5 Å². The maximum atomic E-state index is 11.4. The lowest BCUT2D eigenvalue weighted by atomic mass is 9.98. The Hall–Kier alpha value is -3.48. The van der Waals surface area contributed by atoms with Gasteiger partial charge in [-0.15, -0.1) is 0 Å². The number of ether oxygens (including phenoxy) is 1. The number of rotatable bonds is 5. The molecule has 3 heterocycles. The lowest BCUT2D eigenvalue weighted by Gasteiger charge is -2.27. The summed E-state index contributed by atoms with van der Waals surface area (Å²) < 4.78 is 5.48. The summed E-state index contributed by atoms with van der Waals surface area (Å²) in [4.78, 5) is 21.9. The molecule has 2 aromatic carbocycles. The Bertz CT molecular complexity index is 1270. The lowest BCUT2D eigenvalue weighted by molar-refractivity contribution is 0.0341. The fourth-order valence-corrected chi connectivity index (χ4v) is 4.38. The molecule has 0 spiro atoms. The van der Waals surface area contributed by atoms with E-state index in [1.807, 2.05) is 24.4 Å². The van der Waals surface area contributed by atoms with Crippen LogP contribution in [0.1, 0.15) is 21.5 Å². The summed E-state index contributed by atoms with van der Waals surface area (Å²) in [5.74, 6) is -0.423. The molecule has 4 aromatic rings. The van der Waals surface area contributed by atoms with Crippen LogP contribution in [0.3, 0.4) is 0 Å². The summed E-state index contributed by atoms with van der Waals surface area (Å²) in [5, 5.41) is 1.05. The fourth-order valence-electron chi connectivity index (χ4n) is 4.38. The van der Waals surface area contributed by atoms with Crippen molar-refractivity contribution < 1.29 is 9.53 Å². The molecule has 1 fully saturated rings. The van der Waals surface area contributed by atoms with Gasteiger partial charge in [-0.2, -0.15) is 0 Å². The van der Waals surface area contributed by atoms with E-state index >= 15 is 0 Å². The summed E-state index contributed by atoms with van der Waals surface area (Å²) >= 11 is 0. The quantitative estimate of drug-likeness (QED) is 0.502. The normalized spacial score (nSPS) is 14.7. The third-order valence-electron chi connectivity index (χ3n) is 6.25. The minimum absolute atomic E-state index is 0.423. The van der Waals surface area contributed by atoms with E-state index in [-0.39, 0.29) is 0 Å². The second kappa shape index (κ2) is 8.57. The zero-order valence-corrected chi connectivity index (χ0v) is 18.1. The molecule has 32 heavy (non-hydrogen) atoms. The minimum atomic E-state index is -0.423. The predicted octanol–water partition coefficient (Wildman–Crippen LogP) is 4.14. The van der Waals surface area contributed by atoms with E-state index in [2.05, 4.69) is 46.1 Å². The van der Waals surface area contributed by atoms with Crippen molar-refractivity contribution in [3.05, 3.63) is 77.5 Å². The standard InChI is InChI=1S/C26H26N4O2/c1-17-20(16-30-11-13-32-14-12-30)3-2-4-21(17)24-15-23-22(9-10-28-26(23)29-24)18-5-7-19(8-6-18)25(27)31/h2-10,15H,11-14,16H2,1H3,(H2,27,31)(H,28,29). The highest BCUT2D eigenvalue weighted by atomic mass is 16.5. The van der Waals surface area contributed by atoms with Gasteiger partial charge in [0.1, 0.15) is 5.65 Å². The summed E-state index contributed by atoms with van der Waals surface area (Å²) in [5.41, 5.74) is 13.7. The van der Waals surface area contributed by atoms with Gasteiger partial charge in [-0.05, 0) is 53.4 Å². The number of primary amides is 1. The first kappa shape index (κ1) is 20.4. The first-order valence-electron chi connectivity index (χ1n) is 10.9. The van der Waals surface area contributed by atoms with Crippen LogP contribution in [0.2, 0.25) is 0 Å². The van der Waals surface area contributed by atoms with Crippen LogP contribution in [0.4, 0.5) is 0 Å². The molecule has 1 aliphatic rings. The number of morpholine rings is 1. The Balaban J connectivity index is 1.51. The summed E-state index contributed by atoms with van der Waals surface area (Å²) in [6.07, 6.45) is 1.81. The number of carbonyl (C=O) groups is 1. The largest absolute Gasteiger partial charge is 0.379 e. The van der Waals surface area contributed by atoms with Gasteiger partial charge in [-0.1, -0.05) is 30.3 Å². The van der Waals surface area contributed by atoms with Crippen molar-refractivity contribution >= 4 is 16.9 Å². The summed E-state index contributed by atoms with van der Waals surface area (Å²) in [6, 6.07) is 18.0. The minimum Gasteiger partial charge on any atom is -0.379 e. The highest BCUT2D eigenvalue weighted by Gasteiger charge is 2.16. The molecule has 2 aromatic heterocycles. The Morgan fingerprint density at radius 1 is 1.09 bits per heavy atom. The molecule has 6 heteroatoms. The molecule has 0 atom stereocenters. The van der Waals surface area contributed by atoms with Crippen molar-refractivity contribution in [2.24, 2.45) is 5.73 Å². The van der Waals surface area contributed by atoms with Gasteiger partial charge < -0.3 is 15.5 Å². The number of hydrogen-bond acceptors (Lipinski definition) is 4. The Morgan fingerprint density at radius 2 is 1.88 bits per heavy atom. The molecule has 0 radical (unpaired) electrons. The lowest BCUT2D eigenvalue weighted by Crippen LogP contribution is -2.35. The molecule has 1 amide bonds. The smallest absolute Gasteiger partial charge is 0.248 e. The van der Waals surface area contributed by atoms with E-state index in [1.165, 1.54) is 16.7 Å². The van der Waals surface area contributed by atoms with Gasteiger partial charge in [-0.25, -0.2) is 4.98 Å². The average molecular weight is 427 g/mol. The van der Waals surface area contributed by atoms with E-state index < -0.39 is 5.91 Å².